The van der Waals surface area contributed by atoms with E-state index >= 15 is 0 Å². The minimum atomic E-state index is -1.35. The predicted molar refractivity (Wildman–Crippen MR) is 132 cm³/mol. The molecular formula is C27H26FN5O2. The molecule has 2 atom stereocenters. The van der Waals surface area contributed by atoms with Crippen molar-refractivity contribution in [2.24, 2.45) is 5.73 Å². The Bertz CT molecular complexity index is 1320. The van der Waals surface area contributed by atoms with E-state index in [4.69, 9.17) is 5.73 Å². The molecule has 7 nitrogen and oxygen atoms in total. The van der Waals surface area contributed by atoms with Crippen LogP contribution in [0.3, 0.4) is 0 Å². The van der Waals surface area contributed by atoms with Gasteiger partial charge >= 0.3 is 0 Å². The Labute approximate surface area is 202 Å². The van der Waals surface area contributed by atoms with Crippen LogP contribution in [0, 0.1) is 5.82 Å². The second-order valence-corrected chi connectivity index (χ2v) is 8.52. The van der Waals surface area contributed by atoms with Crippen molar-refractivity contribution in [3.63, 3.8) is 0 Å². The number of aromatic nitrogens is 3. The van der Waals surface area contributed by atoms with Gasteiger partial charge in [-0.3, -0.25) is 14.9 Å². The number of nitrogens with zero attached hydrogens (tertiary/aromatic N) is 3. The molecule has 0 aliphatic rings. The molecule has 0 aliphatic carbocycles. The average molecular weight is 472 g/mol. The number of ketones is 1. The van der Waals surface area contributed by atoms with Crippen molar-refractivity contribution in [3.8, 4) is 11.4 Å². The van der Waals surface area contributed by atoms with Gasteiger partial charge < -0.3 is 5.73 Å². The highest BCUT2D eigenvalue weighted by molar-refractivity contribution is 6.03. The molecular weight excluding hydrogens is 445 g/mol. The molecule has 1 aromatic heterocycles. The van der Waals surface area contributed by atoms with E-state index < -0.39 is 17.4 Å². The Morgan fingerprint density at radius 3 is 2.20 bits per heavy atom. The first kappa shape index (κ1) is 24.0. The van der Waals surface area contributed by atoms with Gasteiger partial charge in [0.2, 0.25) is 11.9 Å². The number of anilines is 1. The maximum Gasteiger partial charge on any atom is 0.249 e. The Kier molecular flexibility index (Phi) is 6.84. The summed E-state index contributed by atoms with van der Waals surface area (Å²) in [4.78, 5) is 30.3. The molecule has 0 aliphatic heterocycles. The lowest BCUT2D eigenvalue weighted by Gasteiger charge is -2.32. The van der Waals surface area contributed by atoms with Gasteiger partial charge in [0.1, 0.15) is 11.6 Å². The first-order valence-electron chi connectivity index (χ1n) is 11.2. The first-order chi connectivity index (χ1) is 16.8. The van der Waals surface area contributed by atoms with Crippen LogP contribution in [0.2, 0.25) is 0 Å². The fourth-order valence-electron chi connectivity index (χ4n) is 3.95. The molecule has 0 saturated carbocycles. The van der Waals surface area contributed by atoms with Crippen LogP contribution in [0.4, 0.5) is 10.3 Å². The molecule has 3 aromatic carbocycles. The number of halogens is 1. The Hall–Kier alpha value is -4.17. The van der Waals surface area contributed by atoms with Crippen LogP contribution in [0.25, 0.3) is 11.4 Å². The summed E-state index contributed by atoms with van der Waals surface area (Å²) in [6.07, 6.45) is 0. The summed E-state index contributed by atoms with van der Waals surface area (Å²) >= 11 is 0. The zero-order valence-electron chi connectivity index (χ0n) is 19.5. The number of Topliss-reactive ketones (excluding diaryl/α,β-unsaturated/α-hetero) is 1. The van der Waals surface area contributed by atoms with E-state index in [2.05, 4.69) is 15.4 Å². The SMILES string of the molecule is CC(=O)C(N)C(C)(C(=O)Nc1nc(-c2ccc(F)cc2)n(Cc2ccccc2)n1)c1ccccc1. The van der Waals surface area contributed by atoms with Crippen molar-refractivity contribution in [3.05, 3.63) is 102 Å². The minimum Gasteiger partial charge on any atom is -0.320 e. The highest BCUT2D eigenvalue weighted by atomic mass is 19.1. The molecule has 4 aromatic rings. The summed E-state index contributed by atoms with van der Waals surface area (Å²) in [6.45, 7) is 3.38. The topological polar surface area (TPSA) is 103 Å². The Morgan fingerprint density at radius 2 is 1.60 bits per heavy atom. The summed E-state index contributed by atoms with van der Waals surface area (Å²) in [5.74, 6) is -0.673. The van der Waals surface area contributed by atoms with E-state index in [-0.39, 0.29) is 17.5 Å². The maximum absolute atomic E-state index is 13.6. The molecule has 0 fully saturated rings. The number of hydrogen-bond donors (Lipinski definition) is 2. The van der Waals surface area contributed by atoms with Crippen molar-refractivity contribution in [1.82, 2.24) is 14.8 Å². The average Bonchev–Trinajstić information content (AvgIpc) is 3.26. The van der Waals surface area contributed by atoms with Gasteiger partial charge in [-0.1, -0.05) is 60.7 Å². The molecule has 0 radical (unpaired) electrons. The predicted octanol–water partition coefficient (Wildman–Crippen LogP) is 3.95. The van der Waals surface area contributed by atoms with Crippen LogP contribution < -0.4 is 11.1 Å². The summed E-state index contributed by atoms with van der Waals surface area (Å²) < 4.78 is 15.2. The third-order valence-corrected chi connectivity index (χ3v) is 6.08. The van der Waals surface area contributed by atoms with Crippen LogP contribution in [0.1, 0.15) is 25.0 Å². The lowest BCUT2D eigenvalue weighted by Crippen LogP contribution is -2.55. The first-order valence-corrected chi connectivity index (χ1v) is 11.2. The van der Waals surface area contributed by atoms with Gasteiger partial charge in [-0.05, 0) is 49.2 Å². The van der Waals surface area contributed by atoms with Crippen LogP contribution in [-0.2, 0) is 21.5 Å². The molecule has 0 saturated heterocycles. The minimum absolute atomic E-state index is 0.0585. The molecule has 1 heterocycles. The number of nitrogens with one attached hydrogen (secondary N) is 1. The third kappa shape index (κ3) is 5.02. The van der Waals surface area contributed by atoms with Gasteiger partial charge in [0, 0.05) is 5.56 Å². The molecule has 35 heavy (non-hydrogen) atoms. The number of carbonyl (C=O) groups excluding carboxylic acids is 2. The van der Waals surface area contributed by atoms with E-state index in [1.165, 1.54) is 19.1 Å². The van der Waals surface area contributed by atoms with Crippen LogP contribution in [0.5, 0.6) is 0 Å². The zero-order valence-corrected chi connectivity index (χ0v) is 19.5. The van der Waals surface area contributed by atoms with Crippen molar-refractivity contribution in [1.29, 1.82) is 0 Å². The van der Waals surface area contributed by atoms with Gasteiger partial charge in [-0.2, -0.15) is 4.98 Å². The van der Waals surface area contributed by atoms with Crippen molar-refractivity contribution >= 4 is 17.6 Å². The third-order valence-electron chi connectivity index (χ3n) is 6.08. The standard InChI is InChI=1S/C27H26FN5O2/c1-18(34)23(29)27(2,21-11-7-4-8-12-21)25(35)31-26-30-24(20-13-15-22(28)16-14-20)33(32-26)17-19-9-5-3-6-10-19/h3-16,23H,17,29H2,1-2H3,(H,31,32,35). The molecule has 0 spiro atoms. The van der Waals surface area contributed by atoms with Gasteiger partial charge in [-0.25, -0.2) is 9.07 Å². The van der Waals surface area contributed by atoms with E-state index in [0.717, 1.165) is 5.56 Å². The van der Waals surface area contributed by atoms with Crippen molar-refractivity contribution in [2.75, 3.05) is 5.32 Å². The molecule has 8 heteroatoms. The Balaban J connectivity index is 1.72. The van der Waals surface area contributed by atoms with E-state index in [0.29, 0.717) is 23.5 Å². The molecule has 3 N–H and O–H groups in total. The van der Waals surface area contributed by atoms with Gasteiger partial charge in [0.05, 0.1) is 18.0 Å². The quantitative estimate of drug-likeness (QED) is 0.405. The molecule has 178 valence electrons. The highest BCUT2D eigenvalue weighted by Gasteiger charge is 2.44. The highest BCUT2D eigenvalue weighted by Crippen LogP contribution is 2.29. The molecule has 2 unspecified atom stereocenters. The van der Waals surface area contributed by atoms with Gasteiger partial charge in [0.25, 0.3) is 0 Å². The second kappa shape index (κ2) is 9.99. The van der Waals surface area contributed by atoms with Gasteiger partial charge in [-0.15, -0.1) is 5.10 Å². The lowest BCUT2D eigenvalue weighted by atomic mass is 9.74. The normalized spacial score (nSPS) is 13.6. The second-order valence-electron chi connectivity index (χ2n) is 8.52. The molecule has 0 bridgehead atoms. The van der Waals surface area contributed by atoms with Crippen molar-refractivity contribution < 1.29 is 14.0 Å². The number of carbonyl (C=O) groups is 2. The smallest absolute Gasteiger partial charge is 0.249 e. The van der Waals surface area contributed by atoms with Crippen molar-refractivity contribution in [2.45, 2.75) is 31.8 Å². The van der Waals surface area contributed by atoms with Crippen LogP contribution in [-0.4, -0.2) is 32.5 Å². The maximum atomic E-state index is 13.6. The number of hydrogen-bond acceptors (Lipinski definition) is 5. The molecule has 4 rings (SSSR count). The monoisotopic (exact) mass is 471 g/mol. The fourth-order valence-corrected chi connectivity index (χ4v) is 3.95. The number of benzene rings is 3. The van der Waals surface area contributed by atoms with E-state index in [1.54, 1.807) is 48.0 Å². The summed E-state index contributed by atoms with van der Waals surface area (Å²) in [6, 6.07) is 23.4. The number of rotatable bonds is 8. The number of nitrogens with two attached hydrogens (primary N) is 1. The summed E-state index contributed by atoms with van der Waals surface area (Å²) in [5.41, 5.74) is 7.10. The van der Waals surface area contributed by atoms with E-state index in [9.17, 15) is 14.0 Å². The largest absolute Gasteiger partial charge is 0.320 e. The summed E-state index contributed by atoms with van der Waals surface area (Å²) in [5, 5.41) is 7.27. The van der Waals surface area contributed by atoms with Crippen LogP contribution >= 0.6 is 0 Å². The van der Waals surface area contributed by atoms with E-state index in [1.807, 2.05) is 36.4 Å². The lowest BCUT2D eigenvalue weighted by molar-refractivity contribution is -0.127. The summed E-state index contributed by atoms with van der Waals surface area (Å²) in [7, 11) is 0. The van der Waals surface area contributed by atoms with Gasteiger partial charge in [0.15, 0.2) is 5.82 Å². The molecule has 1 amide bonds. The fraction of sp³-hybridized carbons (Fsp3) is 0.185. The Morgan fingerprint density at radius 1 is 1.00 bits per heavy atom. The zero-order chi connectivity index (χ0) is 25.0. The van der Waals surface area contributed by atoms with Crippen LogP contribution in [0.15, 0.2) is 84.9 Å². The number of amides is 1.